The first kappa shape index (κ1) is 18.2. The molecule has 0 amide bonds. The molecule has 2 aromatic rings. The van der Waals surface area contributed by atoms with Crippen LogP contribution in [0.15, 0.2) is 66.4 Å². The molecule has 26 heavy (non-hydrogen) atoms. The summed E-state index contributed by atoms with van der Waals surface area (Å²) in [6.07, 6.45) is -1.58. The van der Waals surface area contributed by atoms with Crippen LogP contribution in [0.2, 0.25) is 0 Å². The molecule has 2 nitrogen and oxygen atoms in total. The maximum absolute atomic E-state index is 13.0. The normalized spacial score (nSPS) is 22.0. The SMILES string of the molecule is CN(/C=C1\CCC(C)(c2cccc(C(F)(F)F)c2)C1=O)c1ccccc1. The number of hydrogen-bond donors (Lipinski definition) is 0. The van der Waals surface area contributed by atoms with Crippen molar-refractivity contribution < 1.29 is 18.0 Å². The molecule has 0 saturated heterocycles. The molecule has 1 atom stereocenters. The number of nitrogens with zero attached hydrogens (tertiary/aromatic N) is 1. The smallest absolute Gasteiger partial charge is 0.351 e. The fourth-order valence-corrected chi connectivity index (χ4v) is 3.37. The highest BCUT2D eigenvalue weighted by Gasteiger charge is 2.43. The fourth-order valence-electron chi connectivity index (χ4n) is 3.37. The van der Waals surface area contributed by atoms with Crippen molar-refractivity contribution in [3.05, 3.63) is 77.5 Å². The number of carbonyl (C=O) groups excluding carboxylic acids is 1. The second kappa shape index (κ2) is 6.63. The highest BCUT2D eigenvalue weighted by atomic mass is 19.4. The van der Waals surface area contributed by atoms with Gasteiger partial charge in [-0.15, -0.1) is 0 Å². The minimum Gasteiger partial charge on any atom is -0.351 e. The monoisotopic (exact) mass is 359 g/mol. The molecule has 136 valence electrons. The lowest BCUT2D eigenvalue weighted by Crippen LogP contribution is -2.28. The van der Waals surface area contributed by atoms with Crippen molar-refractivity contribution in [2.75, 3.05) is 11.9 Å². The Bertz CT molecular complexity index is 842. The molecule has 0 bridgehead atoms. The number of halogens is 3. The Morgan fingerprint density at radius 3 is 2.42 bits per heavy atom. The summed E-state index contributed by atoms with van der Waals surface area (Å²) in [5.41, 5.74) is 0.354. The van der Waals surface area contributed by atoms with E-state index in [4.69, 9.17) is 0 Å². The van der Waals surface area contributed by atoms with Gasteiger partial charge < -0.3 is 4.90 Å². The molecule has 0 spiro atoms. The predicted octanol–water partition coefficient (Wildman–Crippen LogP) is 5.35. The number of carbonyl (C=O) groups is 1. The Morgan fingerprint density at radius 1 is 1.08 bits per heavy atom. The van der Waals surface area contributed by atoms with Crippen LogP contribution in [0, 0.1) is 0 Å². The van der Waals surface area contributed by atoms with E-state index >= 15 is 0 Å². The van der Waals surface area contributed by atoms with Gasteiger partial charge in [-0.3, -0.25) is 4.79 Å². The lowest BCUT2D eigenvalue weighted by Gasteiger charge is -2.23. The quantitative estimate of drug-likeness (QED) is 0.689. The molecule has 1 saturated carbocycles. The number of anilines is 1. The number of hydrogen-bond acceptors (Lipinski definition) is 2. The zero-order chi connectivity index (χ0) is 18.9. The van der Waals surface area contributed by atoms with Crippen molar-refractivity contribution in [2.45, 2.75) is 31.4 Å². The van der Waals surface area contributed by atoms with E-state index in [0.29, 0.717) is 24.0 Å². The summed E-state index contributed by atoms with van der Waals surface area (Å²) in [6, 6.07) is 14.7. The number of Topliss-reactive ketones (excluding diaryl/α,β-unsaturated/α-hetero) is 1. The summed E-state index contributed by atoms with van der Waals surface area (Å²) in [5, 5.41) is 0. The molecule has 0 aliphatic heterocycles. The maximum atomic E-state index is 13.0. The Balaban J connectivity index is 1.89. The standard InChI is InChI=1S/C21H20F3NO/c1-20(16-7-6-8-17(13-16)21(22,23)24)12-11-15(19(20)26)14-25(2)18-9-4-3-5-10-18/h3-10,13-14H,11-12H2,1-2H3/b15-14+. The summed E-state index contributed by atoms with van der Waals surface area (Å²) in [4.78, 5) is 14.8. The largest absolute Gasteiger partial charge is 0.416 e. The number of benzene rings is 2. The van der Waals surface area contributed by atoms with Gasteiger partial charge in [-0.05, 0) is 43.5 Å². The third-order valence-corrected chi connectivity index (χ3v) is 5.03. The van der Waals surface area contributed by atoms with Gasteiger partial charge >= 0.3 is 6.18 Å². The molecule has 1 aliphatic carbocycles. The van der Waals surface area contributed by atoms with Crippen LogP contribution in [0.1, 0.15) is 30.9 Å². The lowest BCUT2D eigenvalue weighted by atomic mass is 9.79. The molecule has 1 aliphatic rings. The highest BCUT2D eigenvalue weighted by molar-refractivity contribution is 6.05. The number of alkyl halides is 3. The summed E-state index contributed by atoms with van der Waals surface area (Å²) in [6.45, 7) is 1.73. The van der Waals surface area contributed by atoms with Gasteiger partial charge in [-0.25, -0.2) is 0 Å². The minimum absolute atomic E-state index is 0.111. The second-order valence-electron chi connectivity index (χ2n) is 6.84. The van der Waals surface area contributed by atoms with E-state index in [1.54, 1.807) is 19.2 Å². The third kappa shape index (κ3) is 3.39. The van der Waals surface area contributed by atoms with E-state index in [1.807, 2.05) is 42.3 Å². The summed E-state index contributed by atoms with van der Waals surface area (Å²) >= 11 is 0. The van der Waals surface area contributed by atoms with Crippen molar-refractivity contribution in [3.8, 4) is 0 Å². The molecule has 3 rings (SSSR count). The van der Waals surface area contributed by atoms with Crippen LogP contribution in [0.25, 0.3) is 0 Å². The molecular formula is C21H20F3NO. The van der Waals surface area contributed by atoms with E-state index in [1.165, 1.54) is 6.07 Å². The summed E-state index contributed by atoms with van der Waals surface area (Å²) in [5.74, 6) is -0.111. The van der Waals surface area contributed by atoms with Gasteiger partial charge in [-0.2, -0.15) is 13.2 Å². The van der Waals surface area contributed by atoms with Gasteiger partial charge in [-0.1, -0.05) is 36.4 Å². The van der Waals surface area contributed by atoms with E-state index < -0.39 is 17.2 Å². The van der Waals surface area contributed by atoms with E-state index in [0.717, 1.165) is 17.8 Å². The van der Waals surface area contributed by atoms with Gasteiger partial charge in [0.15, 0.2) is 5.78 Å². The van der Waals surface area contributed by atoms with Crippen molar-refractivity contribution in [1.29, 1.82) is 0 Å². The number of rotatable bonds is 3. The Labute approximate surface area is 150 Å². The number of para-hydroxylation sites is 1. The molecule has 0 N–H and O–H groups in total. The number of ketones is 1. The molecule has 2 aromatic carbocycles. The van der Waals surface area contributed by atoms with E-state index in [9.17, 15) is 18.0 Å². The van der Waals surface area contributed by atoms with Crippen LogP contribution in [0.4, 0.5) is 18.9 Å². The van der Waals surface area contributed by atoms with Gasteiger partial charge in [0, 0.05) is 24.5 Å². The van der Waals surface area contributed by atoms with Crippen LogP contribution >= 0.6 is 0 Å². The molecule has 0 heterocycles. The average molecular weight is 359 g/mol. The van der Waals surface area contributed by atoms with Crippen molar-refractivity contribution in [2.24, 2.45) is 0 Å². The minimum atomic E-state index is -4.42. The molecule has 1 unspecified atom stereocenters. The van der Waals surface area contributed by atoms with Crippen LogP contribution in [-0.2, 0) is 16.4 Å². The molecule has 0 radical (unpaired) electrons. The molecule has 0 aromatic heterocycles. The average Bonchev–Trinajstić information content (AvgIpc) is 2.91. The predicted molar refractivity (Wildman–Crippen MR) is 96.0 cm³/mol. The fraction of sp³-hybridized carbons (Fsp3) is 0.286. The van der Waals surface area contributed by atoms with Crippen LogP contribution < -0.4 is 4.90 Å². The summed E-state index contributed by atoms with van der Waals surface area (Å²) in [7, 11) is 1.86. The Hall–Kier alpha value is -2.56. The Morgan fingerprint density at radius 2 is 1.77 bits per heavy atom. The van der Waals surface area contributed by atoms with Crippen LogP contribution in [0.5, 0.6) is 0 Å². The van der Waals surface area contributed by atoms with E-state index in [-0.39, 0.29) is 5.78 Å². The highest BCUT2D eigenvalue weighted by Crippen LogP contribution is 2.42. The van der Waals surface area contributed by atoms with Crippen molar-refractivity contribution in [3.63, 3.8) is 0 Å². The van der Waals surface area contributed by atoms with Gasteiger partial charge in [0.1, 0.15) is 0 Å². The van der Waals surface area contributed by atoms with Gasteiger partial charge in [0.25, 0.3) is 0 Å². The maximum Gasteiger partial charge on any atom is 0.416 e. The lowest BCUT2D eigenvalue weighted by molar-refractivity contribution is -0.137. The first-order valence-electron chi connectivity index (χ1n) is 8.43. The molecular weight excluding hydrogens is 339 g/mol. The molecule has 5 heteroatoms. The second-order valence-corrected chi connectivity index (χ2v) is 6.84. The summed E-state index contributed by atoms with van der Waals surface area (Å²) < 4.78 is 39.0. The zero-order valence-corrected chi connectivity index (χ0v) is 14.7. The molecule has 1 fully saturated rings. The Kier molecular flexibility index (Phi) is 4.65. The van der Waals surface area contributed by atoms with Gasteiger partial charge in [0.05, 0.1) is 11.0 Å². The van der Waals surface area contributed by atoms with Crippen molar-refractivity contribution in [1.82, 2.24) is 0 Å². The zero-order valence-electron chi connectivity index (χ0n) is 14.7. The van der Waals surface area contributed by atoms with Crippen LogP contribution in [-0.4, -0.2) is 12.8 Å². The van der Waals surface area contributed by atoms with Crippen LogP contribution in [0.3, 0.4) is 0 Å². The first-order valence-corrected chi connectivity index (χ1v) is 8.43. The van der Waals surface area contributed by atoms with Gasteiger partial charge in [0.2, 0.25) is 0 Å². The van der Waals surface area contributed by atoms with E-state index in [2.05, 4.69) is 0 Å². The topological polar surface area (TPSA) is 20.3 Å². The third-order valence-electron chi connectivity index (χ3n) is 5.03. The van der Waals surface area contributed by atoms with Crippen molar-refractivity contribution >= 4 is 11.5 Å². The number of allylic oxidation sites excluding steroid dienone is 1. The first-order chi connectivity index (χ1) is 12.2.